The van der Waals surface area contributed by atoms with Crippen LogP contribution in [0, 0.1) is 0 Å². The molecule has 0 aliphatic rings. The van der Waals surface area contributed by atoms with E-state index < -0.39 is 18.0 Å². The number of nitrogens with one attached hydrogen (secondary N) is 1. The van der Waals surface area contributed by atoms with Gasteiger partial charge in [0.2, 0.25) is 0 Å². The number of amides is 1. The van der Waals surface area contributed by atoms with Crippen molar-refractivity contribution in [2.75, 3.05) is 0 Å². The van der Waals surface area contributed by atoms with Gasteiger partial charge in [0.1, 0.15) is 16.4 Å². The molecular weight excluding hydrogens is 543 g/mol. The standard InChI is InChI=1S/C26H19Cl3N2O4S/c1-2-19(34-21-12-11-16(27)13-18(21)28)25(32)31-30-14-15-7-3-5-9-20(15)35-26(33)24-23(29)17-8-4-6-10-22(17)36-24/h3-14,19H,2H2,1H3,(H,31,32)/b30-14-/t19-/m0/s1. The Morgan fingerprint density at radius 3 is 2.53 bits per heavy atom. The van der Waals surface area contributed by atoms with E-state index in [2.05, 4.69) is 10.5 Å². The predicted molar refractivity (Wildman–Crippen MR) is 145 cm³/mol. The Hall–Kier alpha value is -3.10. The number of thiophene rings is 1. The molecular formula is C26H19Cl3N2O4S. The number of ether oxygens (including phenoxy) is 2. The van der Waals surface area contributed by atoms with Crippen molar-refractivity contribution in [2.24, 2.45) is 5.10 Å². The number of hydrogen-bond donors (Lipinski definition) is 1. The molecule has 4 aromatic rings. The highest BCUT2D eigenvalue weighted by Crippen LogP contribution is 2.36. The van der Waals surface area contributed by atoms with Crippen molar-refractivity contribution < 1.29 is 19.1 Å². The third-order valence-electron chi connectivity index (χ3n) is 5.05. The lowest BCUT2D eigenvalue weighted by Crippen LogP contribution is -2.35. The van der Waals surface area contributed by atoms with Gasteiger partial charge in [0.15, 0.2) is 6.10 Å². The quantitative estimate of drug-likeness (QED) is 0.105. The summed E-state index contributed by atoms with van der Waals surface area (Å²) in [6, 6.07) is 19.0. The molecule has 36 heavy (non-hydrogen) atoms. The second kappa shape index (κ2) is 11.8. The maximum atomic E-state index is 12.8. The smallest absolute Gasteiger partial charge is 0.355 e. The second-order valence-electron chi connectivity index (χ2n) is 7.49. The SMILES string of the molecule is CC[C@H](Oc1ccc(Cl)cc1Cl)C(=O)N/N=C\c1ccccc1OC(=O)c1sc2ccccc2c1Cl. The Balaban J connectivity index is 1.44. The fourth-order valence-electron chi connectivity index (χ4n) is 3.26. The highest BCUT2D eigenvalue weighted by molar-refractivity contribution is 7.21. The maximum absolute atomic E-state index is 12.8. The molecule has 3 aromatic carbocycles. The highest BCUT2D eigenvalue weighted by atomic mass is 35.5. The van der Waals surface area contributed by atoms with Crippen LogP contribution in [0.3, 0.4) is 0 Å². The number of fused-ring (bicyclic) bond motifs is 1. The Labute approximate surface area is 226 Å². The molecule has 0 fully saturated rings. The number of hydrogen-bond acceptors (Lipinski definition) is 6. The zero-order valence-electron chi connectivity index (χ0n) is 18.8. The second-order valence-corrected chi connectivity index (χ2v) is 9.77. The number of para-hydroxylation sites is 1. The van der Waals surface area contributed by atoms with E-state index in [1.165, 1.54) is 23.6 Å². The van der Waals surface area contributed by atoms with E-state index in [-0.39, 0.29) is 5.75 Å². The molecule has 1 amide bonds. The Bertz CT molecular complexity index is 1450. The molecule has 184 valence electrons. The molecule has 0 bridgehead atoms. The zero-order chi connectivity index (χ0) is 25.7. The van der Waals surface area contributed by atoms with Crippen LogP contribution < -0.4 is 14.9 Å². The van der Waals surface area contributed by atoms with Crippen LogP contribution in [0.4, 0.5) is 0 Å². The van der Waals surface area contributed by atoms with Gasteiger partial charge in [-0.05, 0) is 42.8 Å². The maximum Gasteiger partial charge on any atom is 0.355 e. The van der Waals surface area contributed by atoms with E-state index in [1.807, 2.05) is 24.3 Å². The van der Waals surface area contributed by atoms with Crippen LogP contribution in [0.15, 0.2) is 71.8 Å². The van der Waals surface area contributed by atoms with Crippen LogP contribution in [-0.2, 0) is 4.79 Å². The van der Waals surface area contributed by atoms with Gasteiger partial charge < -0.3 is 9.47 Å². The molecule has 1 heterocycles. The lowest BCUT2D eigenvalue weighted by Gasteiger charge is -2.16. The summed E-state index contributed by atoms with van der Waals surface area (Å²) >= 11 is 19.7. The van der Waals surface area contributed by atoms with Crippen molar-refractivity contribution in [1.29, 1.82) is 0 Å². The first kappa shape index (κ1) is 26.0. The lowest BCUT2D eigenvalue weighted by molar-refractivity contribution is -0.128. The van der Waals surface area contributed by atoms with Gasteiger partial charge in [-0.2, -0.15) is 5.10 Å². The van der Waals surface area contributed by atoms with Gasteiger partial charge in [-0.25, -0.2) is 10.2 Å². The Kier molecular flexibility index (Phi) is 8.48. The molecule has 0 saturated carbocycles. The topological polar surface area (TPSA) is 77.0 Å². The number of rotatable bonds is 8. The van der Waals surface area contributed by atoms with Crippen LogP contribution in [0.2, 0.25) is 15.1 Å². The van der Waals surface area contributed by atoms with E-state index in [0.29, 0.717) is 37.7 Å². The van der Waals surface area contributed by atoms with Gasteiger partial charge >= 0.3 is 5.97 Å². The summed E-state index contributed by atoms with van der Waals surface area (Å²) in [5, 5.41) is 5.91. The van der Waals surface area contributed by atoms with Gasteiger partial charge in [0.25, 0.3) is 5.91 Å². The summed E-state index contributed by atoms with van der Waals surface area (Å²) in [5.74, 6) is -0.439. The monoisotopic (exact) mass is 560 g/mol. The molecule has 0 aliphatic carbocycles. The third-order valence-corrected chi connectivity index (χ3v) is 7.23. The summed E-state index contributed by atoms with van der Waals surface area (Å²) < 4.78 is 12.2. The lowest BCUT2D eigenvalue weighted by atomic mass is 10.2. The number of esters is 1. The summed E-state index contributed by atoms with van der Waals surface area (Å²) in [7, 11) is 0. The fourth-order valence-corrected chi connectivity index (χ4v) is 5.09. The third kappa shape index (κ3) is 5.99. The minimum Gasteiger partial charge on any atom is -0.479 e. The largest absolute Gasteiger partial charge is 0.479 e. The molecule has 1 aromatic heterocycles. The average Bonchev–Trinajstić information content (AvgIpc) is 3.21. The molecule has 0 unspecified atom stereocenters. The first-order valence-electron chi connectivity index (χ1n) is 10.8. The molecule has 0 spiro atoms. The molecule has 1 atom stereocenters. The fraction of sp³-hybridized carbons (Fsp3) is 0.115. The van der Waals surface area contributed by atoms with Crippen LogP contribution in [0.1, 0.15) is 28.6 Å². The highest BCUT2D eigenvalue weighted by Gasteiger charge is 2.21. The number of halogens is 3. The van der Waals surface area contributed by atoms with E-state index in [9.17, 15) is 9.59 Å². The number of carbonyl (C=O) groups excluding carboxylic acids is 2. The van der Waals surface area contributed by atoms with Crippen LogP contribution in [0.25, 0.3) is 10.1 Å². The minimum atomic E-state index is -0.830. The number of carbonyl (C=O) groups is 2. The van der Waals surface area contributed by atoms with Crippen molar-refractivity contribution in [3.63, 3.8) is 0 Å². The minimum absolute atomic E-state index is 0.269. The van der Waals surface area contributed by atoms with Crippen molar-refractivity contribution in [1.82, 2.24) is 5.43 Å². The van der Waals surface area contributed by atoms with Crippen molar-refractivity contribution in [3.05, 3.63) is 92.2 Å². The summed E-state index contributed by atoms with van der Waals surface area (Å²) in [6.45, 7) is 1.80. The van der Waals surface area contributed by atoms with Crippen molar-refractivity contribution >= 4 is 74.3 Å². The van der Waals surface area contributed by atoms with E-state index in [1.54, 1.807) is 43.3 Å². The van der Waals surface area contributed by atoms with Crippen LogP contribution >= 0.6 is 46.1 Å². The molecule has 10 heteroatoms. The predicted octanol–water partition coefficient (Wildman–Crippen LogP) is 7.39. The Morgan fingerprint density at radius 1 is 1.03 bits per heavy atom. The normalized spacial score (nSPS) is 12.0. The van der Waals surface area contributed by atoms with Crippen molar-refractivity contribution in [2.45, 2.75) is 19.4 Å². The van der Waals surface area contributed by atoms with Crippen LogP contribution in [-0.4, -0.2) is 24.2 Å². The number of nitrogens with zero attached hydrogens (tertiary/aromatic N) is 1. The van der Waals surface area contributed by atoms with Gasteiger partial charge in [-0.15, -0.1) is 11.3 Å². The van der Waals surface area contributed by atoms with Gasteiger partial charge in [-0.1, -0.05) is 72.1 Å². The molecule has 0 aliphatic heterocycles. The summed E-state index contributed by atoms with van der Waals surface area (Å²) in [6.07, 6.45) is 0.934. The average molecular weight is 562 g/mol. The van der Waals surface area contributed by atoms with Crippen molar-refractivity contribution in [3.8, 4) is 11.5 Å². The summed E-state index contributed by atoms with van der Waals surface area (Å²) in [5.41, 5.74) is 2.93. The van der Waals surface area contributed by atoms with Crippen LogP contribution in [0.5, 0.6) is 11.5 Å². The molecule has 0 radical (unpaired) electrons. The van der Waals surface area contributed by atoms with E-state index in [4.69, 9.17) is 44.3 Å². The first-order valence-corrected chi connectivity index (χ1v) is 12.7. The van der Waals surface area contributed by atoms with Gasteiger partial charge in [0, 0.05) is 20.7 Å². The molecule has 1 N–H and O–H groups in total. The molecule has 0 saturated heterocycles. The summed E-state index contributed by atoms with van der Waals surface area (Å²) in [4.78, 5) is 25.7. The number of hydrazone groups is 1. The number of benzene rings is 3. The Morgan fingerprint density at radius 2 is 1.78 bits per heavy atom. The van der Waals surface area contributed by atoms with Gasteiger partial charge in [0.05, 0.1) is 16.3 Å². The molecule has 6 nitrogen and oxygen atoms in total. The zero-order valence-corrected chi connectivity index (χ0v) is 21.9. The van der Waals surface area contributed by atoms with E-state index in [0.717, 1.165) is 10.1 Å². The first-order chi connectivity index (χ1) is 17.4. The van der Waals surface area contributed by atoms with Gasteiger partial charge in [-0.3, -0.25) is 4.79 Å². The van der Waals surface area contributed by atoms with E-state index >= 15 is 0 Å². The molecule has 4 rings (SSSR count).